The molecule has 0 bridgehead atoms. The van der Waals surface area contributed by atoms with Crippen LogP contribution in [0.3, 0.4) is 0 Å². The van der Waals surface area contributed by atoms with Crippen molar-refractivity contribution in [3.63, 3.8) is 0 Å². The first-order valence-corrected chi connectivity index (χ1v) is 7.06. The fraction of sp³-hybridized carbons (Fsp3) is 0. The SMILES string of the molecule is O=C(Nc1nnc(-c2ccccc2)o1)c1cc(Cl)ccc1[N+](=O)[O-]. The second kappa shape index (κ2) is 6.47. The number of halogens is 1. The Morgan fingerprint density at radius 1 is 1.17 bits per heavy atom. The molecule has 0 unspecified atom stereocenters. The lowest BCUT2D eigenvalue weighted by molar-refractivity contribution is -0.385. The molecule has 3 rings (SSSR count). The number of carbonyl (C=O) groups excluding carboxylic acids is 1. The van der Waals surface area contributed by atoms with Crippen LogP contribution in [0.25, 0.3) is 11.5 Å². The third-order valence-corrected chi connectivity index (χ3v) is 3.30. The van der Waals surface area contributed by atoms with Crippen molar-refractivity contribution in [2.24, 2.45) is 0 Å². The molecule has 0 aliphatic carbocycles. The molecule has 0 saturated carbocycles. The highest BCUT2D eigenvalue weighted by Crippen LogP contribution is 2.24. The van der Waals surface area contributed by atoms with Gasteiger partial charge in [0.2, 0.25) is 5.89 Å². The summed E-state index contributed by atoms with van der Waals surface area (Å²) in [6.07, 6.45) is 0. The normalized spacial score (nSPS) is 10.4. The summed E-state index contributed by atoms with van der Waals surface area (Å²) in [4.78, 5) is 22.6. The maximum atomic E-state index is 12.2. The van der Waals surface area contributed by atoms with Gasteiger partial charge in [-0.2, -0.15) is 0 Å². The van der Waals surface area contributed by atoms with Gasteiger partial charge in [0.15, 0.2) is 0 Å². The molecule has 8 nitrogen and oxygen atoms in total. The Labute approximate surface area is 140 Å². The number of nitro benzene ring substituents is 1. The average molecular weight is 345 g/mol. The molecule has 0 saturated heterocycles. The largest absolute Gasteiger partial charge is 0.403 e. The molecule has 2 aromatic carbocycles. The number of amides is 1. The molecule has 1 N–H and O–H groups in total. The number of hydrogen-bond donors (Lipinski definition) is 1. The molecule has 0 aliphatic heterocycles. The van der Waals surface area contributed by atoms with E-state index in [2.05, 4.69) is 15.5 Å². The van der Waals surface area contributed by atoms with Gasteiger partial charge < -0.3 is 4.42 Å². The molecule has 3 aromatic rings. The summed E-state index contributed by atoms with van der Waals surface area (Å²) in [5.74, 6) is -0.557. The number of rotatable bonds is 4. The van der Waals surface area contributed by atoms with E-state index >= 15 is 0 Å². The van der Waals surface area contributed by atoms with Crippen LogP contribution in [-0.4, -0.2) is 21.0 Å². The van der Waals surface area contributed by atoms with Crippen molar-refractivity contribution in [3.05, 3.63) is 69.2 Å². The van der Waals surface area contributed by atoms with Gasteiger partial charge >= 0.3 is 6.01 Å². The van der Waals surface area contributed by atoms with E-state index in [-0.39, 0.29) is 28.2 Å². The van der Waals surface area contributed by atoms with Gasteiger partial charge in [0.1, 0.15) is 5.56 Å². The van der Waals surface area contributed by atoms with Crippen LogP contribution in [0.1, 0.15) is 10.4 Å². The number of anilines is 1. The van der Waals surface area contributed by atoms with Crippen LogP contribution in [0.4, 0.5) is 11.7 Å². The zero-order chi connectivity index (χ0) is 17.1. The molecule has 9 heteroatoms. The first-order valence-electron chi connectivity index (χ1n) is 6.69. The zero-order valence-corrected chi connectivity index (χ0v) is 12.7. The van der Waals surface area contributed by atoms with Gasteiger partial charge in [-0.15, -0.1) is 5.10 Å². The topological polar surface area (TPSA) is 111 Å². The Bertz CT molecular complexity index is 911. The smallest absolute Gasteiger partial charge is 0.322 e. The summed E-state index contributed by atoms with van der Waals surface area (Å²) < 4.78 is 5.34. The van der Waals surface area contributed by atoms with Crippen LogP contribution < -0.4 is 5.32 Å². The quantitative estimate of drug-likeness (QED) is 0.572. The fourth-order valence-electron chi connectivity index (χ4n) is 1.98. The Balaban J connectivity index is 1.85. The minimum atomic E-state index is -0.771. The Morgan fingerprint density at radius 2 is 1.92 bits per heavy atom. The van der Waals surface area contributed by atoms with Crippen molar-refractivity contribution in [2.75, 3.05) is 5.32 Å². The molecule has 24 heavy (non-hydrogen) atoms. The van der Waals surface area contributed by atoms with Crippen molar-refractivity contribution >= 4 is 29.2 Å². The molecule has 0 spiro atoms. The molecule has 1 amide bonds. The molecule has 1 aromatic heterocycles. The van der Waals surface area contributed by atoms with Crippen molar-refractivity contribution in [3.8, 4) is 11.5 Å². The standard InChI is InChI=1S/C15H9ClN4O4/c16-10-6-7-12(20(22)23)11(8-10)13(21)17-15-19-18-14(24-15)9-4-2-1-3-5-9/h1-8H,(H,17,19,21). The van der Waals surface area contributed by atoms with Crippen molar-refractivity contribution in [1.82, 2.24) is 10.2 Å². The first-order chi connectivity index (χ1) is 11.5. The summed E-state index contributed by atoms with van der Waals surface area (Å²) in [7, 11) is 0. The molecule has 0 aliphatic rings. The van der Waals surface area contributed by atoms with E-state index in [9.17, 15) is 14.9 Å². The Kier molecular flexibility index (Phi) is 4.21. The maximum absolute atomic E-state index is 12.2. The monoisotopic (exact) mass is 344 g/mol. The maximum Gasteiger partial charge on any atom is 0.322 e. The number of carbonyl (C=O) groups is 1. The van der Waals surface area contributed by atoms with Gasteiger partial charge in [0.25, 0.3) is 11.6 Å². The molecule has 0 atom stereocenters. The number of nitrogens with one attached hydrogen (secondary N) is 1. The second-order valence-electron chi connectivity index (χ2n) is 4.65. The molecule has 1 heterocycles. The van der Waals surface area contributed by atoms with Crippen molar-refractivity contribution < 1.29 is 14.1 Å². The van der Waals surface area contributed by atoms with E-state index in [1.54, 1.807) is 24.3 Å². The lowest BCUT2D eigenvalue weighted by Gasteiger charge is -2.02. The van der Waals surface area contributed by atoms with E-state index in [1.165, 1.54) is 12.1 Å². The lowest BCUT2D eigenvalue weighted by Crippen LogP contribution is -2.14. The van der Waals surface area contributed by atoms with Crippen LogP contribution in [0, 0.1) is 10.1 Å². The highest BCUT2D eigenvalue weighted by atomic mass is 35.5. The summed E-state index contributed by atoms with van der Waals surface area (Å²) >= 11 is 5.80. The molecule has 120 valence electrons. The summed E-state index contributed by atoms with van der Waals surface area (Å²) in [5, 5.41) is 21.1. The fourth-order valence-corrected chi connectivity index (χ4v) is 2.16. The molecular weight excluding hydrogens is 336 g/mol. The predicted molar refractivity (Wildman–Crippen MR) is 85.8 cm³/mol. The van der Waals surface area contributed by atoms with E-state index < -0.39 is 10.8 Å². The van der Waals surface area contributed by atoms with Crippen LogP contribution in [0.2, 0.25) is 5.02 Å². The summed E-state index contributed by atoms with van der Waals surface area (Å²) in [6.45, 7) is 0. The molecular formula is C15H9ClN4O4. The van der Waals surface area contributed by atoms with Crippen LogP contribution in [0.15, 0.2) is 52.9 Å². The number of hydrogen-bond acceptors (Lipinski definition) is 6. The number of nitro groups is 1. The van der Waals surface area contributed by atoms with E-state index in [1.807, 2.05) is 6.07 Å². The minimum absolute atomic E-state index is 0.173. The third kappa shape index (κ3) is 3.23. The lowest BCUT2D eigenvalue weighted by atomic mass is 10.1. The molecule has 0 fully saturated rings. The number of nitrogens with zero attached hydrogens (tertiary/aromatic N) is 3. The van der Waals surface area contributed by atoms with E-state index in [4.69, 9.17) is 16.0 Å². The predicted octanol–water partition coefficient (Wildman–Crippen LogP) is 3.55. The number of benzene rings is 2. The first kappa shape index (κ1) is 15.6. The van der Waals surface area contributed by atoms with Crippen LogP contribution in [-0.2, 0) is 0 Å². The van der Waals surface area contributed by atoms with E-state index in [0.717, 1.165) is 6.07 Å². The second-order valence-corrected chi connectivity index (χ2v) is 5.09. The van der Waals surface area contributed by atoms with E-state index in [0.29, 0.717) is 5.56 Å². The highest BCUT2D eigenvalue weighted by molar-refractivity contribution is 6.31. The summed E-state index contributed by atoms with van der Waals surface area (Å²) in [6, 6.07) is 12.5. The van der Waals surface area contributed by atoms with Crippen LogP contribution >= 0.6 is 11.6 Å². The summed E-state index contributed by atoms with van der Waals surface area (Å²) in [5.41, 5.74) is 0.103. The third-order valence-electron chi connectivity index (χ3n) is 3.07. The van der Waals surface area contributed by atoms with Crippen LogP contribution in [0.5, 0.6) is 0 Å². The Hall–Kier alpha value is -3.26. The van der Waals surface area contributed by atoms with Crippen molar-refractivity contribution in [1.29, 1.82) is 0 Å². The van der Waals surface area contributed by atoms with Gasteiger partial charge in [0, 0.05) is 16.7 Å². The van der Waals surface area contributed by atoms with Gasteiger partial charge in [-0.05, 0) is 24.3 Å². The zero-order valence-electron chi connectivity index (χ0n) is 12.0. The van der Waals surface area contributed by atoms with Gasteiger partial charge in [-0.1, -0.05) is 34.9 Å². The van der Waals surface area contributed by atoms with Gasteiger partial charge in [-0.3, -0.25) is 20.2 Å². The number of aromatic nitrogens is 2. The minimum Gasteiger partial charge on any atom is -0.403 e. The molecule has 0 radical (unpaired) electrons. The van der Waals surface area contributed by atoms with Gasteiger partial charge in [-0.25, -0.2) is 0 Å². The average Bonchev–Trinajstić information content (AvgIpc) is 3.03. The Morgan fingerprint density at radius 3 is 2.62 bits per heavy atom. The van der Waals surface area contributed by atoms with Gasteiger partial charge in [0.05, 0.1) is 4.92 Å². The highest BCUT2D eigenvalue weighted by Gasteiger charge is 2.22. The van der Waals surface area contributed by atoms with Crippen molar-refractivity contribution in [2.45, 2.75) is 0 Å².